The van der Waals surface area contributed by atoms with Gasteiger partial charge >= 0.3 is 0 Å². The maximum Gasteiger partial charge on any atom is 0.241 e. The van der Waals surface area contributed by atoms with E-state index in [4.69, 9.17) is 17.3 Å². The predicted molar refractivity (Wildman–Crippen MR) is 95.0 cm³/mol. The molecule has 0 aliphatic heterocycles. The van der Waals surface area contributed by atoms with E-state index >= 15 is 0 Å². The summed E-state index contributed by atoms with van der Waals surface area (Å²) in [5, 5.41) is 3.10. The van der Waals surface area contributed by atoms with E-state index in [0.717, 1.165) is 0 Å². The van der Waals surface area contributed by atoms with Gasteiger partial charge in [-0.15, -0.1) is 0 Å². The highest BCUT2D eigenvalue weighted by molar-refractivity contribution is 7.91. The molecule has 1 unspecified atom stereocenters. The number of hydrogen-bond acceptors (Lipinski definition) is 4. The molecule has 0 spiro atoms. The summed E-state index contributed by atoms with van der Waals surface area (Å²) in [6.07, 6.45) is 0.494. The van der Waals surface area contributed by atoms with Crippen LogP contribution in [-0.4, -0.2) is 20.4 Å². The molecule has 7 heteroatoms. The van der Waals surface area contributed by atoms with Crippen LogP contribution in [0.15, 0.2) is 52.3 Å². The minimum Gasteiger partial charge on any atom is -0.325 e. The number of hydrogen-bond donors (Lipinski definition) is 2. The Morgan fingerprint density at radius 2 is 1.96 bits per heavy atom. The molecule has 2 rings (SSSR count). The van der Waals surface area contributed by atoms with Crippen LogP contribution in [0.4, 0.5) is 5.69 Å². The summed E-state index contributed by atoms with van der Waals surface area (Å²) in [5.41, 5.74) is 6.62. The van der Waals surface area contributed by atoms with Crippen molar-refractivity contribution in [2.24, 2.45) is 5.73 Å². The number of nitrogens with two attached hydrogens (primary N) is 1. The van der Waals surface area contributed by atoms with Crippen LogP contribution in [0.5, 0.6) is 0 Å². The van der Waals surface area contributed by atoms with Crippen LogP contribution in [0.2, 0.25) is 5.02 Å². The first-order valence-corrected chi connectivity index (χ1v) is 9.29. The van der Waals surface area contributed by atoms with Gasteiger partial charge in [0.25, 0.3) is 0 Å². The lowest BCUT2D eigenvalue weighted by Crippen LogP contribution is -2.34. The van der Waals surface area contributed by atoms with Crippen LogP contribution in [-0.2, 0) is 14.6 Å². The maximum atomic E-state index is 12.8. The van der Waals surface area contributed by atoms with Gasteiger partial charge in [0.1, 0.15) is 0 Å². The number of carbonyl (C=O) groups is 1. The van der Waals surface area contributed by atoms with Gasteiger partial charge in [-0.25, -0.2) is 8.42 Å². The molecule has 0 saturated heterocycles. The molecule has 24 heavy (non-hydrogen) atoms. The second-order valence-corrected chi connectivity index (χ2v) is 7.80. The van der Waals surface area contributed by atoms with E-state index in [9.17, 15) is 13.2 Å². The molecule has 0 radical (unpaired) electrons. The normalized spacial score (nSPS) is 12.7. The minimum absolute atomic E-state index is 0.0933. The molecule has 2 aromatic rings. The number of carbonyl (C=O) groups excluding carboxylic acids is 1. The number of anilines is 1. The number of benzene rings is 2. The molecule has 1 amide bonds. The van der Waals surface area contributed by atoms with E-state index in [1.54, 1.807) is 32.0 Å². The van der Waals surface area contributed by atoms with E-state index < -0.39 is 15.9 Å². The number of rotatable bonds is 5. The van der Waals surface area contributed by atoms with Crippen LogP contribution < -0.4 is 11.1 Å². The topological polar surface area (TPSA) is 89.3 Å². The second-order valence-electron chi connectivity index (χ2n) is 5.45. The van der Waals surface area contributed by atoms with Crippen molar-refractivity contribution in [3.63, 3.8) is 0 Å². The van der Waals surface area contributed by atoms with Gasteiger partial charge in [0.15, 0.2) is 0 Å². The molecule has 0 fully saturated rings. The van der Waals surface area contributed by atoms with Gasteiger partial charge in [-0.2, -0.15) is 0 Å². The van der Waals surface area contributed by atoms with Gasteiger partial charge in [0.05, 0.1) is 15.8 Å². The molecule has 2 aromatic carbocycles. The van der Waals surface area contributed by atoms with Crippen LogP contribution >= 0.6 is 11.6 Å². The van der Waals surface area contributed by atoms with Crippen LogP contribution in [0.1, 0.15) is 18.9 Å². The second kappa shape index (κ2) is 7.34. The average molecular weight is 367 g/mol. The van der Waals surface area contributed by atoms with Crippen molar-refractivity contribution in [3.05, 3.63) is 53.1 Å². The van der Waals surface area contributed by atoms with Gasteiger partial charge in [0, 0.05) is 10.7 Å². The highest BCUT2D eigenvalue weighted by Crippen LogP contribution is 2.27. The Morgan fingerprint density at radius 1 is 1.25 bits per heavy atom. The van der Waals surface area contributed by atoms with Gasteiger partial charge in [-0.05, 0) is 55.3 Å². The molecule has 128 valence electrons. The van der Waals surface area contributed by atoms with E-state index in [1.165, 1.54) is 24.3 Å². The van der Waals surface area contributed by atoms with E-state index in [2.05, 4.69) is 5.32 Å². The quantitative estimate of drug-likeness (QED) is 0.850. The lowest BCUT2D eigenvalue weighted by molar-refractivity contribution is -0.117. The highest BCUT2D eigenvalue weighted by atomic mass is 35.5. The summed E-state index contributed by atoms with van der Waals surface area (Å²) in [4.78, 5) is 12.1. The summed E-state index contributed by atoms with van der Waals surface area (Å²) in [7, 11) is -3.71. The van der Waals surface area contributed by atoms with Crippen LogP contribution in [0.3, 0.4) is 0 Å². The first-order valence-electron chi connectivity index (χ1n) is 7.43. The van der Waals surface area contributed by atoms with Gasteiger partial charge in [-0.1, -0.05) is 24.6 Å². The monoisotopic (exact) mass is 366 g/mol. The molecule has 0 saturated carbocycles. The minimum atomic E-state index is -3.71. The van der Waals surface area contributed by atoms with Crippen molar-refractivity contribution in [2.75, 3.05) is 5.32 Å². The van der Waals surface area contributed by atoms with Gasteiger partial charge in [-0.3, -0.25) is 4.79 Å². The summed E-state index contributed by atoms with van der Waals surface area (Å²) >= 11 is 5.88. The van der Waals surface area contributed by atoms with Gasteiger partial charge < -0.3 is 11.1 Å². The largest absolute Gasteiger partial charge is 0.325 e. The maximum absolute atomic E-state index is 12.8. The van der Waals surface area contributed by atoms with E-state index in [1.807, 2.05) is 0 Å². The smallest absolute Gasteiger partial charge is 0.241 e. The number of aryl methyl sites for hydroxylation is 1. The molecule has 1 atom stereocenters. The zero-order chi connectivity index (χ0) is 17.9. The zero-order valence-electron chi connectivity index (χ0n) is 13.4. The Hall–Kier alpha value is -1.89. The molecular weight excluding hydrogens is 348 g/mol. The molecular formula is C17H19ClN2O3S. The lowest BCUT2D eigenvalue weighted by Gasteiger charge is -2.12. The molecule has 0 aromatic heterocycles. The molecule has 0 aliphatic carbocycles. The van der Waals surface area contributed by atoms with Crippen molar-refractivity contribution < 1.29 is 13.2 Å². The van der Waals surface area contributed by atoms with Crippen molar-refractivity contribution in [2.45, 2.75) is 36.1 Å². The Balaban J connectivity index is 2.38. The third-order valence-electron chi connectivity index (χ3n) is 3.61. The Kier molecular flexibility index (Phi) is 5.64. The van der Waals surface area contributed by atoms with Gasteiger partial charge in [0.2, 0.25) is 15.7 Å². The van der Waals surface area contributed by atoms with Crippen LogP contribution in [0.25, 0.3) is 0 Å². The summed E-state index contributed by atoms with van der Waals surface area (Å²) in [6.45, 7) is 3.49. The van der Waals surface area contributed by atoms with Crippen LogP contribution in [0, 0.1) is 6.92 Å². The van der Waals surface area contributed by atoms with Crippen molar-refractivity contribution >= 4 is 33.0 Å². The standard InChI is InChI=1S/C17H19ClN2O3S/c1-3-15(19)17(21)20-13-5-4-6-14(10-13)24(22,23)16-8-7-12(18)9-11(16)2/h4-10,15H,3,19H2,1-2H3,(H,20,21). The van der Waals surface area contributed by atoms with E-state index in [0.29, 0.717) is 22.7 Å². The molecule has 5 nitrogen and oxygen atoms in total. The van der Waals surface area contributed by atoms with E-state index in [-0.39, 0.29) is 15.7 Å². The molecule has 0 heterocycles. The Bertz CT molecular complexity index is 866. The third kappa shape index (κ3) is 3.95. The zero-order valence-corrected chi connectivity index (χ0v) is 15.0. The number of nitrogens with one attached hydrogen (secondary N) is 1. The first-order chi connectivity index (χ1) is 11.3. The molecule has 3 N–H and O–H groups in total. The summed E-state index contributed by atoms with van der Waals surface area (Å²) < 4.78 is 25.6. The predicted octanol–water partition coefficient (Wildman–Crippen LogP) is 3.16. The lowest BCUT2D eigenvalue weighted by atomic mass is 10.2. The molecule has 0 bridgehead atoms. The SMILES string of the molecule is CCC(N)C(=O)Nc1cccc(S(=O)(=O)c2ccc(Cl)cc2C)c1. The fraction of sp³-hybridized carbons (Fsp3) is 0.235. The highest BCUT2D eigenvalue weighted by Gasteiger charge is 2.21. The van der Waals surface area contributed by atoms with Crippen molar-refractivity contribution in [3.8, 4) is 0 Å². The first kappa shape index (κ1) is 18.4. The number of amides is 1. The molecule has 0 aliphatic rings. The Labute approximate surface area is 146 Å². The summed E-state index contributed by atoms with van der Waals surface area (Å²) in [5.74, 6) is -0.352. The third-order valence-corrected chi connectivity index (χ3v) is 5.76. The number of halogens is 1. The number of sulfone groups is 1. The summed E-state index contributed by atoms with van der Waals surface area (Å²) in [6, 6.07) is 10.1. The fourth-order valence-corrected chi connectivity index (χ4v) is 3.95. The van der Waals surface area contributed by atoms with Crippen molar-refractivity contribution in [1.82, 2.24) is 0 Å². The van der Waals surface area contributed by atoms with Crippen molar-refractivity contribution in [1.29, 1.82) is 0 Å². The Morgan fingerprint density at radius 3 is 2.58 bits per heavy atom. The average Bonchev–Trinajstić information content (AvgIpc) is 2.53. The fourth-order valence-electron chi connectivity index (χ4n) is 2.20.